The third kappa shape index (κ3) is 3.33. The van der Waals surface area contributed by atoms with Crippen LogP contribution in [0.3, 0.4) is 0 Å². The minimum atomic E-state index is -0.0140. The van der Waals surface area contributed by atoms with Crippen molar-refractivity contribution in [1.29, 1.82) is 0 Å². The molecule has 6 heteroatoms. The van der Waals surface area contributed by atoms with Gasteiger partial charge in [0.2, 0.25) is 0 Å². The monoisotopic (exact) mass is 460 g/mol. The highest BCUT2D eigenvalue weighted by molar-refractivity contribution is 5.43. The fourth-order valence-electron chi connectivity index (χ4n) is 7.56. The number of pyridine rings is 1. The summed E-state index contributed by atoms with van der Waals surface area (Å²) in [6, 6.07) is 9.62. The summed E-state index contributed by atoms with van der Waals surface area (Å²) in [7, 11) is 1.65. The average molecular weight is 461 g/mol. The third-order valence-electron chi connectivity index (χ3n) is 9.01. The van der Waals surface area contributed by atoms with Crippen LogP contribution in [0.5, 0.6) is 5.75 Å². The molecule has 0 bridgehead atoms. The molecule has 3 aliphatic carbocycles. The molecular formula is C28H33FN4O. The molecule has 34 heavy (non-hydrogen) atoms. The van der Waals surface area contributed by atoms with Crippen LogP contribution in [0.25, 0.3) is 0 Å². The topological polar surface area (TPSA) is 62.8 Å². The summed E-state index contributed by atoms with van der Waals surface area (Å²) in [5.74, 6) is 3.76. The highest BCUT2D eigenvalue weighted by Gasteiger charge is 2.57. The van der Waals surface area contributed by atoms with Gasteiger partial charge in [-0.2, -0.15) is 5.10 Å². The number of fused-ring (bicyclic) bond motifs is 7. The van der Waals surface area contributed by atoms with Gasteiger partial charge < -0.3 is 10.1 Å². The SMILES string of the molecule is COc1ccc(NCCC[C@@H]2c3cn[nH]c3[C@@]3(C)CCC4c5cccc(F)c5CCC4C23)nc1. The molecule has 1 aromatic carbocycles. The third-order valence-corrected chi connectivity index (χ3v) is 9.01. The molecule has 0 spiro atoms. The number of nitrogens with zero attached hydrogens (tertiary/aromatic N) is 2. The Balaban J connectivity index is 1.22. The number of hydrogen-bond donors (Lipinski definition) is 2. The lowest BCUT2D eigenvalue weighted by Crippen LogP contribution is -2.44. The zero-order valence-electron chi connectivity index (χ0n) is 20.0. The second-order valence-electron chi connectivity index (χ2n) is 10.6. The Morgan fingerprint density at radius 1 is 1.18 bits per heavy atom. The van der Waals surface area contributed by atoms with Crippen LogP contribution < -0.4 is 10.1 Å². The molecule has 0 aliphatic heterocycles. The van der Waals surface area contributed by atoms with E-state index in [0.717, 1.165) is 62.2 Å². The number of benzene rings is 1. The van der Waals surface area contributed by atoms with Crippen molar-refractivity contribution in [3.05, 3.63) is 70.9 Å². The number of ether oxygens (including phenoxy) is 1. The molecule has 3 unspecified atom stereocenters. The lowest BCUT2D eigenvalue weighted by molar-refractivity contribution is 0.0796. The first-order chi connectivity index (χ1) is 16.6. The molecule has 2 aromatic heterocycles. The number of halogens is 1. The van der Waals surface area contributed by atoms with Crippen LogP contribution in [0, 0.1) is 17.7 Å². The van der Waals surface area contributed by atoms with E-state index < -0.39 is 0 Å². The van der Waals surface area contributed by atoms with Crippen LogP contribution >= 0.6 is 0 Å². The number of rotatable bonds is 6. The standard InChI is InChI=1S/C28H33FN4O/c1-28-13-12-19-18-5-3-7-24(29)20(18)9-10-22(19)26(28)21(23-16-32-33-27(23)28)6-4-14-30-25-11-8-17(34-2)15-31-25/h3,5,7-8,11,15-16,19,21-22,26H,4,6,9-10,12-14H2,1-2H3,(H,30,31)(H,32,33)/t19?,21-,22?,26?,28+/m1/s1. The Morgan fingerprint density at radius 2 is 2.09 bits per heavy atom. The van der Waals surface area contributed by atoms with E-state index in [1.807, 2.05) is 18.2 Å². The first-order valence-corrected chi connectivity index (χ1v) is 12.6. The Labute approximate surface area is 200 Å². The van der Waals surface area contributed by atoms with Crippen molar-refractivity contribution in [2.24, 2.45) is 11.8 Å². The van der Waals surface area contributed by atoms with Gasteiger partial charge in [0.15, 0.2) is 0 Å². The van der Waals surface area contributed by atoms with E-state index >= 15 is 0 Å². The van der Waals surface area contributed by atoms with E-state index in [1.165, 1.54) is 16.8 Å². The maximum atomic E-state index is 14.6. The molecule has 3 aromatic rings. The quantitative estimate of drug-likeness (QED) is 0.446. The lowest BCUT2D eigenvalue weighted by Gasteiger charge is -2.50. The number of nitrogens with one attached hydrogen (secondary N) is 2. The lowest BCUT2D eigenvalue weighted by atomic mass is 9.53. The van der Waals surface area contributed by atoms with Crippen LogP contribution in [-0.4, -0.2) is 28.8 Å². The summed E-state index contributed by atoms with van der Waals surface area (Å²) in [5, 5.41) is 11.3. The number of aromatic nitrogens is 3. The Kier molecular flexibility index (Phi) is 5.34. The molecule has 0 saturated heterocycles. The van der Waals surface area contributed by atoms with Crippen LogP contribution in [0.15, 0.2) is 42.7 Å². The maximum absolute atomic E-state index is 14.6. The Morgan fingerprint density at radius 3 is 2.91 bits per heavy atom. The number of anilines is 1. The first kappa shape index (κ1) is 21.6. The van der Waals surface area contributed by atoms with Crippen molar-refractivity contribution in [3.63, 3.8) is 0 Å². The zero-order chi connectivity index (χ0) is 23.3. The van der Waals surface area contributed by atoms with Crippen molar-refractivity contribution >= 4 is 5.82 Å². The van der Waals surface area contributed by atoms with Gasteiger partial charge >= 0.3 is 0 Å². The maximum Gasteiger partial charge on any atom is 0.137 e. The molecule has 178 valence electrons. The van der Waals surface area contributed by atoms with E-state index in [9.17, 15) is 4.39 Å². The van der Waals surface area contributed by atoms with Gasteiger partial charge in [0.25, 0.3) is 0 Å². The van der Waals surface area contributed by atoms with Crippen LogP contribution in [0.1, 0.15) is 73.2 Å². The predicted molar refractivity (Wildman–Crippen MR) is 131 cm³/mol. The highest BCUT2D eigenvalue weighted by atomic mass is 19.1. The molecule has 5 atom stereocenters. The molecule has 1 fully saturated rings. The van der Waals surface area contributed by atoms with E-state index in [1.54, 1.807) is 19.4 Å². The number of methoxy groups -OCH3 is 1. The minimum Gasteiger partial charge on any atom is -0.495 e. The van der Waals surface area contributed by atoms with Crippen molar-refractivity contribution in [2.45, 2.75) is 62.7 Å². The molecule has 3 aliphatic rings. The molecule has 6 rings (SSSR count). The summed E-state index contributed by atoms with van der Waals surface area (Å²) in [6.07, 6.45) is 10.2. The van der Waals surface area contributed by atoms with Gasteiger partial charge in [0.1, 0.15) is 17.4 Å². The van der Waals surface area contributed by atoms with Crippen molar-refractivity contribution in [1.82, 2.24) is 15.2 Å². The van der Waals surface area contributed by atoms with Gasteiger partial charge in [-0.15, -0.1) is 0 Å². The summed E-state index contributed by atoms with van der Waals surface area (Å²) in [4.78, 5) is 4.42. The molecule has 0 amide bonds. The molecule has 1 saturated carbocycles. The van der Waals surface area contributed by atoms with Gasteiger partial charge in [-0.25, -0.2) is 9.37 Å². The van der Waals surface area contributed by atoms with Crippen LogP contribution in [0.4, 0.5) is 10.2 Å². The normalized spacial score (nSPS) is 29.0. The number of aromatic amines is 1. The van der Waals surface area contributed by atoms with Gasteiger partial charge in [-0.05, 0) is 97.1 Å². The van der Waals surface area contributed by atoms with Gasteiger partial charge in [-0.1, -0.05) is 19.1 Å². The number of H-pyrrole nitrogens is 1. The fraction of sp³-hybridized carbons (Fsp3) is 0.500. The summed E-state index contributed by atoms with van der Waals surface area (Å²) < 4.78 is 19.8. The summed E-state index contributed by atoms with van der Waals surface area (Å²) in [5.41, 5.74) is 5.15. The minimum absolute atomic E-state index is 0.0140. The Hall–Kier alpha value is -2.89. The molecule has 2 heterocycles. The van der Waals surface area contributed by atoms with Crippen molar-refractivity contribution < 1.29 is 9.13 Å². The van der Waals surface area contributed by atoms with Gasteiger partial charge in [0, 0.05) is 17.7 Å². The van der Waals surface area contributed by atoms with E-state index in [0.29, 0.717) is 23.7 Å². The van der Waals surface area contributed by atoms with Gasteiger partial charge in [0.05, 0.1) is 19.5 Å². The van der Waals surface area contributed by atoms with E-state index in [4.69, 9.17) is 4.74 Å². The Bertz CT molecular complexity index is 1180. The molecule has 2 N–H and O–H groups in total. The molecular weight excluding hydrogens is 427 g/mol. The second-order valence-corrected chi connectivity index (χ2v) is 10.6. The molecule has 5 nitrogen and oxygen atoms in total. The van der Waals surface area contributed by atoms with Gasteiger partial charge in [-0.3, -0.25) is 5.10 Å². The van der Waals surface area contributed by atoms with E-state index in [2.05, 4.69) is 39.7 Å². The highest BCUT2D eigenvalue weighted by Crippen LogP contribution is 2.64. The largest absolute Gasteiger partial charge is 0.495 e. The van der Waals surface area contributed by atoms with Crippen LogP contribution in [-0.2, 0) is 11.8 Å². The van der Waals surface area contributed by atoms with Crippen LogP contribution in [0.2, 0.25) is 0 Å². The summed E-state index contributed by atoms with van der Waals surface area (Å²) in [6.45, 7) is 3.33. The van der Waals surface area contributed by atoms with E-state index in [-0.39, 0.29) is 11.2 Å². The van der Waals surface area contributed by atoms with Crippen molar-refractivity contribution in [3.8, 4) is 5.75 Å². The molecule has 0 radical (unpaired) electrons. The smallest absolute Gasteiger partial charge is 0.137 e. The first-order valence-electron chi connectivity index (χ1n) is 12.6. The zero-order valence-corrected chi connectivity index (χ0v) is 20.0. The predicted octanol–water partition coefficient (Wildman–Crippen LogP) is 5.96. The van der Waals surface area contributed by atoms with Crippen molar-refractivity contribution in [2.75, 3.05) is 19.0 Å². The fourth-order valence-corrected chi connectivity index (χ4v) is 7.56. The number of hydrogen-bond acceptors (Lipinski definition) is 4. The summed E-state index contributed by atoms with van der Waals surface area (Å²) >= 11 is 0. The second kappa shape index (κ2) is 8.40. The average Bonchev–Trinajstić information content (AvgIpc) is 3.43.